The first-order valence-corrected chi connectivity index (χ1v) is 4.93. The van der Waals surface area contributed by atoms with Gasteiger partial charge in [-0.25, -0.2) is 0 Å². The second-order valence-corrected chi connectivity index (χ2v) is 3.70. The van der Waals surface area contributed by atoms with E-state index >= 15 is 0 Å². The Morgan fingerprint density at radius 3 is 2.44 bits per heavy atom. The molecule has 90 valence electrons. The van der Waals surface area contributed by atoms with E-state index in [-0.39, 0.29) is 11.8 Å². The van der Waals surface area contributed by atoms with Gasteiger partial charge in [0.15, 0.2) is 6.61 Å². The van der Waals surface area contributed by atoms with Gasteiger partial charge >= 0.3 is 6.18 Å². The minimum absolute atomic E-state index is 0.135. The van der Waals surface area contributed by atoms with Crippen LogP contribution in [0.4, 0.5) is 18.9 Å². The smallest absolute Gasteiger partial charge is 0.422 e. The van der Waals surface area contributed by atoms with Gasteiger partial charge in [-0.3, -0.25) is 0 Å². The average molecular weight is 233 g/mol. The summed E-state index contributed by atoms with van der Waals surface area (Å²) in [7, 11) is 0. The maximum atomic E-state index is 12.0. The van der Waals surface area contributed by atoms with Gasteiger partial charge in [-0.1, -0.05) is 12.1 Å². The fourth-order valence-corrected chi connectivity index (χ4v) is 1.18. The Kier molecular flexibility index (Phi) is 4.04. The lowest BCUT2D eigenvalue weighted by molar-refractivity contribution is -0.153. The molecule has 2 nitrogen and oxygen atoms in total. The van der Waals surface area contributed by atoms with Crippen molar-refractivity contribution in [1.29, 1.82) is 0 Å². The van der Waals surface area contributed by atoms with Gasteiger partial charge in [-0.15, -0.1) is 0 Å². The quantitative estimate of drug-likeness (QED) is 0.860. The molecule has 1 rings (SSSR count). The maximum absolute atomic E-state index is 12.0. The summed E-state index contributed by atoms with van der Waals surface area (Å²) in [5.74, 6) is 0.216. The van der Waals surface area contributed by atoms with Gasteiger partial charge in [0, 0.05) is 6.04 Å². The van der Waals surface area contributed by atoms with Crippen LogP contribution in [-0.2, 0) is 0 Å². The Morgan fingerprint density at radius 1 is 1.25 bits per heavy atom. The Balaban J connectivity index is 2.71. The normalized spacial score (nSPS) is 11.6. The standard InChI is InChI=1S/C11H14F3NO/c1-8(2)15-9-5-3-4-6-10(9)16-7-11(12,13)14/h3-6,8,15H,7H2,1-2H3. The van der Waals surface area contributed by atoms with Crippen molar-refractivity contribution in [3.63, 3.8) is 0 Å². The lowest BCUT2D eigenvalue weighted by atomic mass is 10.2. The second-order valence-electron chi connectivity index (χ2n) is 3.70. The summed E-state index contributed by atoms with van der Waals surface area (Å²) < 4.78 is 40.7. The first-order valence-electron chi connectivity index (χ1n) is 4.93. The minimum Gasteiger partial charge on any atom is -0.482 e. The molecule has 16 heavy (non-hydrogen) atoms. The first-order chi connectivity index (χ1) is 7.38. The average Bonchev–Trinajstić information content (AvgIpc) is 2.14. The number of halogens is 3. The van der Waals surface area contributed by atoms with Crippen LogP contribution in [0.3, 0.4) is 0 Å². The molecule has 1 aromatic rings. The largest absolute Gasteiger partial charge is 0.482 e. The molecule has 0 aliphatic carbocycles. The molecule has 0 fully saturated rings. The molecule has 0 unspecified atom stereocenters. The van der Waals surface area contributed by atoms with Gasteiger partial charge in [0.05, 0.1) is 5.69 Å². The molecule has 0 bridgehead atoms. The number of nitrogens with one attached hydrogen (secondary N) is 1. The third-order valence-corrected chi connectivity index (χ3v) is 1.72. The van der Waals surface area contributed by atoms with Gasteiger partial charge in [0.2, 0.25) is 0 Å². The molecule has 0 atom stereocenters. The van der Waals surface area contributed by atoms with Crippen molar-refractivity contribution in [2.45, 2.75) is 26.1 Å². The SMILES string of the molecule is CC(C)Nc1ccccc1OCC(F)(F)F. The van der Waals surface area contributed by atoms with Gasteiger partial charge in [0.1, 0.15) is 5.75 Å². The highest BCUT2D eigenvalue weighted by molar-refractivity contribution is 5.56. The minimum atomic E-state index is -4.31. The molecule has 0 spiro atoms. The second kappa shape index (κ2) is 5.09. The molecule has 0 radical (unpaired) electrons. The van der Waals surface area contributed by atoms with Crippen molar-refractivity contribution in [2.24, 2.45) is 0 Å². The molecule has 1 N–H and O–H groups in total. The van der Waals surface area contributed by atoms with Gasteiger partial charge in [-0.05, 0) is 26.0 Å². The van der Waals surface area contributed by atoms with Crippen LogP contribution in [0.15, 0.2) is 24.3 Å². The Labute approximate surface area is 92.4 Å². The zero-order valence-electron chi connectivity index (χ0n) is 9.14. The lowest BCUT2D eigenvalue weighted by Crippen LogP contribution is -2.20. The monoisotopic (exact) mass is 233 g/mol. The summed E-state index contributed by atoms with van der Waals surface area (Å²) >= 11 is 0. The van der Waals surface area contributed by atoms with Crippen molar-refractivity contribution in [1.82, 2.24) is 0 Å². The zero-order valence-corrected chi connectivity index (χ0v) is 9.14. The van der Waals surface area contributed by atoms with Crippen LogP contribution in [0.25, 0.3) is 0 Å². The summed E-state index contributed by atoms with van der Waals surface area (Å²) in [4.78, 5) is 0. The Bertz CT molecular complexity index is 336. The number of benzene rings is 1. The van der Waals surface area contributed by atoms with Crippen molar-refractivity contribution in [3.8, 4) is 5.75 Å². The molecule has 0 saturated heterocycles. The fourth-order valence-electron chi connectivity index (χ4n) is 1.18. The predicted molar refractivity (Wildman–Crippen MR) is 56.8 cm³/mol. The third kappa shape index (κ3) is 4.42. The number of anilines is 1. The number of hydrogen-bond donors (Lipinski definition) is 1. The van der Waals surface area contributed by atoms with Crippen LogP contribution in [0.2, 0.25) is 0 Å². The van der Waals surface area contributed by atoms with Crippen LogP contribution in [-0.4, -0.2) is 18.8 Å². The summed E-state index contributed by atoms with van der Waals surface area (Å²) in [5.41, 5.74) is 0.571. The Morgan fingerprint density at radius 2 is 1.88 bits per heavy atom. The molecule has 1 aromatic carbocycles. The maximum Gasteiger partial charge on any atom is 0.422 e. The van der Waals surface area contributed by atoms with Crippen LogP contribution >= 0.6 is 0 Å². The highest BCUT2D eigenvalue weighted by Gasteiger charge is 2.28. The summed E-state index contributed by atoms with van der Waals surface area (Å²) in [5, 5.41) is 3.02. The molecule has 0 heterocycles. The number of para-hydroxylation sites is 2. The van der Waals surface area contributed by atoms with Gasteiger partial charge in [0.25, 0.3) is 0 Å². The predicted octanol–water partition coefficient (Wildman–Crippen LogP) is 3.45. The molecule has 0 aliphatic heterocycles. The van der Waals surface area contributed by atoms with E-state index in [2.05, 4.69) is 5.32 Å². The van der Waals surface area contributed by atoms with Gasteiger partial charge in [-0.2, -0.15) is 13.2 Å². The lowest BCUT2D eigenvalue weighted by Gasteiger charge is -2.16. The number of alkyl halides is 3. The van der Waals surface area contributed by atoms with Crippen molar-refractivity contribution < 1.29 is 17.9 Å². The Hall–Kier alpha value is -1.39. The fraction of sp³-hybridized carbons (Fsp3) is 0.455. The van der Waals surface area contributed by atoms with Gasteiger partial charge < -0.3 is 10.1 Å². The van der Waals surface area contributed by atoms with Crippen LogP contribution < -0.4 is 10.1 Å². The van der Waals surface area contributed by atoms with E-state index in [9.17, 15) is 13.2 Å². The molecular weight excluding hydrogens is 219 g/mol. The van der Waals surface area contributed by atoms with E-state index < -0.39 is 12.8 Å². The highest BCUT2D eigenvalue weighted by atomic mass is 19.4. The van der Waals surface area contributed by atoms with Crippen LogP contribution in [0.1, 0.15) is 13.8 Å². The van der Waals surface area contributed by atoms with E-state index in [1.165, 1.54) is 6.07 Å². The number of rotatable bonds is 4. The summed E-state index contributed by atoms with van der Waals surface area (Å²) in [6.07, 6.45) is -4.31. The molecule has 0 amide bonds. The van der Waals surface area contributed by atoms with E-state index in [1.807, 2.05) is 13.8 Å². The molecule has 0 saturated carbocycles. The molecule has 5 heteroatoms. The topological polar surface area (TPSA) is 21.3 Å². The third-order valence-electron chi connectivity index (χ3n) is 1.72. The molecule has 0 aromatic heterocycles. The van der Waals surface area contributed by atoms with E-state index in [4.69, 9.17) is 4.74 Å². The van der Waals surface area contributed by atoms with E-state index in [1.54, 1.807) is 18.2 Å². The summed E-state index contributed by atoms with van der Waals surface area (Å²) in [6, 6.07) is 6.71. The van der Waals surface area contributed by atoms with E-state index in [0.29, 0.717) is 5.69 Å². The van der Waals surface area contributed by atoms with Crippen LogP contribution in [0, 0.1) is 0 Å². The van der Waals surface area contributed by atoms with E-state index in [0.717, 1.165) is 0 Å². The number of hydrogen-bond acceptors (Lipinski definition) is 2. The van der Waals surface area contributed by atoms with Crippen molar-refractivity contribution >= 4 is 5.69 Å². The first kappa shape index (κ1) is 12.7. The zero-order chi connectivity index (χ0) is 12.2. The van der Waals surface area contributed by atoms with Crippen molar-refractivity contribution in [2.75, 3.05) is 11.9 Å². The molecule has 0 aliphatic rings. The molecular formula is C11H14F3NO. The summed E-state index contributed by atoms with van der Waals surface area (Å²) in [6.45, 7) is 2.53. The van der Waals surface area contributed by atoms with Crippen molar-refractivity contribution in [3.05, 3.63) is 24.3 Å². The number of ether oxygens (including phenoxy) is 1. The highest BCUT2D eigenvalue weighted by Crippen LogP contribution is 2.26. The van der Waals surface area contributed by atoms with Crippen LogP contribution in [0.5, 0.6) is 5.75 Å².